The van der Waals surface area contributed by atoms with E-state index in [0.717, 1.165) is 12.1 Å². The van der Waals surface area contributed by atoms with Crippen molar-refractivity contribution in [2.75, 3.05) is 7.11 Å². The molecule has 20 heavy (non-hydrogen) atoms. The summed E-state index contributed by atoms with van der Waals surface area (Å²) < 4.78 is 18.8. The van der Waals surface area contributed by atoms with Crippen molar-refractivity contribution in [3.8, 4) is 0 Å². The first-order chi connectivity index (χ1) is 9.21. The molecule has 0 radical (unpaired) electrons. The summed E-state index contributed by atoms with van der Waals surface area (Å²) in [6.07, 6.45) is 1.77. The largest absolute Gasteiger partial charge is 0.512 e. The SMILES string of the molecule is CCn1cc(C(=O)OC)cc1B1OC(C)(C)C(C)(C)O1. The number of ether oxygens (including phenoxy) is 1. The molecule has 1 aliphatic heterocycles. The Morgan fingerprint density at radius 2 is 1.85 bits per heavy atom. The molecular weight excluding hydrogens is 257 g/mol. The molecule has 1 aliphatic rings. The van der Waals surface area contributed by atoms with Crippen LogP contribution < -0.4 is 5.59 Å². The maximum Gasteiger partial charge on any atom is 0.512 e. The molecule has 0 bridgehead atoms. The Hall–Kier alpha value is -1.27. The lowest BCUT2D eigenvalue weighted by atomic mass is 9.84. The summed E-state index contributed by atoms with van der Waals surface area (Å²) in [4.78, 5) is 11.6. The van der Waals surface area contributed by atoms with Crippen molar-refractivity contribution in [3.63, 3.8) is 0 Å². The van der Waals surface area contributed by atoms with E-state index in [4.69, 9.17) is 14.0 Å². The number of nitrogens with zero attached hydrogens (tertiary/aromatic N) is 1. The monoisotopic (exact) mass is 279 g/mol. The van der Waals surface area contributed by atoms with Gasteiger partial charge in [-0.05, 0) is 40.7 Å². The van der Waals surface area contributed by atoms with E-state index < -0.39 is 18.3 Å². The van der Waals surface area contributed by atoms with Crippen molar-refractivity contribution in [1.29, 1.82) is 0 Å². The van der Waals surface area contributed by atoms with Crippen LogP contribution in [-0.4, -0.2) is 36.0 Å². The van der Waals surface area contributed by atoms with E-state index in [9.17, 15) is 4.79 Å². The predicted octanol–water partition coefficient (Wildman–Crippen LogP) is 1.59. The highest BCUT2D eigenvalue weighted by Gasteiger charge is 2.52. The highest BCUT2D eigenvalue weighted by Crippen LogP contribution is 2.36. The van der Waals surface area contributed by atoms with Gasteiger partial charge in [0.1, 0.15) is 0 Å². The number of carbonyl (C=O) groups excluding carboxylic acids is 1. The Bertz CT molecular complexity index is 505. The predicted molar refractivity (Wildman–Crippen MR) is 77.2 cm³/mol. The highest BCUT2D eigenvalue weighted by atomic mass is 16.7. The van der Waals surface area contributed by atoms with Gasteiger partial charge in [-0.15, -0.1) is 0 Å². The molecule has 1 aromatic heterocycles. The van der Waals surface area contributed by atoms with Crippen LogP contribution in [-0.2, 0) is 20.6 Å². The fourth-order valence-corrected chi connectivity index (χ4v) is 2.19. The first kappa shape index (κ1) is 15.1. The van der Waals surface area contributed by atoms with Gasteiger partial charge in [-0.3, -0.25) is 0 Å². The fraction of sp³-hybridized carbons (Fsp3) is 0.643. The second-order valence-corrected chi connectivity index (χ2v) is 6.02. The highest BCUT2D eigenvalue weighted by molar-refractivity contribution is 6.61. The van der Waals surface area contributed by atoms with E-state index in [1.165, 1.54) is 7.11 Å². The summed E-state index contributed by atoms with van der Waals surface area (Å²) in [7, 11) is 0.901. The lowest BCUT2D eigenvalue weighted by Gasteiger charge is -2.32. The number of hydrogen-bond acceptors (Lipinski definition) is 4. The van der Waals surface area contributed by atoms with Crippen LogP contribution in [0.1, 0.15) is 45.0 Å². The third kappa shape index (κ3) is 2.38. The second kappa shape index (κ2) is 4.93. The Balaban J connectivity index is 2.34. The maximum atomic E-state index is 11.6. The molecule has 2 rings (SSSR count). The Labute approximate surface area is 120 Å². The van der Waals surface area contributed by atoms with Gasteiger partial charge >= 0.3 is 13.1 Å². The summed E-state index contributed by atoms with van der Waals surface area (Å²) in [5.41, 5.74) is 0.559. The van der Waals surface area contributed by atoms with E-state index in [1.807, 2.05) is 39.2 Å². The summed E-state index contributed by atoms with van der Waals surface area (Å²) >= 11 is 0. The quantitative estimate of drug-likeness (QED) is 0.623. The van der Waals surface area contributed by atoms with Gasteiger partial charge in [0.2, 0.25) is 0 Å². The van der Waals surface area contributed by atoms with E-state index in [1.54, 1.807) is 12.3 Å². The summed E-state index contributed by atoms with van der Waals surface area (Å²) in [6, 6.07) is 1.78. The van der Waals surface area contributed by atoms with Crippen molar-refractivity contribution in [2.45, 2.75) is 52.4 Å². The maximum absolute atomic E-state index is 11.6. The van der Waals surface area contributed by atoms with Crippen LogP contribution in [0.2, 0.25) is 0 Å². The molecule has 1 saturated heterocycles. The summed E-state index contributed by atoms with van der Waals surface area (Å²) in [5.74, 6) is -0.352. The van der Waals surface area contributed by atoms with Crippen LogP contribution in [0.25, 0.3) is 0 Å². The van der Waals surface area contributed by atoms with Crippen LogP contribution in [0.3, 0.4) is 0 Å². The van der Waals surface area contributed by atoms with Crippen molar-refractivity contribution in [2.24, 2.45) is 0 Å². The zero-order valence-electron chi connectivity index (χ0n) is 13.0. The molecule has 5 nitrogen and oxygen atoms in total. The first-order valence-corrected chi connectivity index (χ1v) is 6.86. The number of methoxy groups -OCH3 is 1. The lowest BCUT2D eigenvalue weighted by molar-refractivity contribution is 0.00578. The smallest absolute Gasteiger partial charge is 0.465 e. The molecule has 0 spiro atoms. The third-order valence-electron chi connectivity index (χ3n) is 4.19. The zero-order chi connectivity index (χ0) is 15.1. The number of aromatic nitrogens is 1. The van der Waals surface area contributed by atoms with Crippen molar-refractivity contribution in [3.05, 3.63) is 17.8 Å². The summed E-state index contributed by atoms with van der Waals surface area (Å²) in [5, 5.41) is 0. The van der Waals surface area contributed by atoms with E-state index in [0.29, 0.717) is 5.56 Å². The van der Waals surface area contributed by atoms with Crippen molar-refractivity contribution < 1.29 is 18.8 Å². The molecule has 0 unspecified atom stereocenters. The molecule has 0 aromatic carbocycles. The number of aryl methyl sites for hydroxylation is 1. The zero-order valence-corrected chi connectivity index (χ0v) is 13.0. The minimum atomic E-state index is -0.474. The molecule has 6 heteroatoms. The second-order valence-electron chi connectivity index (χ2n) is 6.02. The van der Waals surface area contributed by atoms with Crippen LogP contribution in [0, 0.1) is 0 Å². The average molecular weight is 279 g/mol. The molecule has 0 aliphatic carbocycles. The van der Waals surface area contributed by atoms with Gasteiger partial charge in [-0.2, -0.15) is 0 Å². The minimum Gasteiger partial charge on any atom is -0.465 e. The topological polar surface area (TPSA) is 49.7 Å². The Morgan fingerprint density at radius 3 is 2.30 bits per heavy atom. The first-order valence-electron chi connectivity index (χ1n) is 6.86. The molecule has 2 heterocycles. The van der Waals surface area contributed by atoms with Crippen LogP contribution in [0.15, 0.2) is 12.3 Å². The normalized spacial score (nSPS) is 20.2. The van der Waals surface area contributed by atoms with Crippen LogP contribution in [0.4, 0.5) is 0 Å². The van der Waals surface area contributed by atoms with Crippen molar-refractivity contribution >= 4 is 18.7 Å². The third-order valence-corrected chi connectivity index (χ3v) is 4.19. The standard InChI is InChI=1S/C14H22BNO4/c1-7-16-9-10(12(17)18-6)8-11(16)15-19-13(2,3)14(4,5)20-15/h8-9H,7H2,1-6H3. The van der Waals surface area contributed by atoms with Crippen LogP contribution in [0.5, 0.6) is 0 Å². The number of esters is 1. The van der Waals surface area contributed by atoms with Gasteiger partial charge in [0.25, 0.3) is 0 Å². The van der Waals surface area contributed by atoms with Crippen LogP contribution >= 0.6 is 0 Å². The Morgan fingerprint density at radius 1 is 1.30 bits per heavy atom. The molecule has 0 atom stereocenters. The molecule has 0 amide bonds. The Kier molecular flexibility index (Phi) is 3.73. The molecule has 0 saturated carbocycles. The number of carbonyl (C=O) groups is 1. The van der Waals surface area contributed by atoms with Crippen molar-refractivity contribution in [1.82, 2.24) is 4.57 Å². The lowest BCUT2D eigenvalue weighted by Crippen LogP contribution is -2.41. The molecule has 1 aromatic rings. The number of rotatable bonds is 3. The summed E-state index contributed by atoms with van der Waals surface area (Å²) in [6.45, 7) is 10.8. The number of hydrogen-bond donors (Lipinski definition) is 0. The molecular formula is C14H22BNO4. The van der Waals surface area contributed by atoms with Gasteiger partial charge < -0.3 is 18.6 Å². The van der Waals surface area contributed by atoms with Gasteiger partial charge in [-0.25, -0.2) is 4.79 Å². The average Bonchev–Trinajstić information content (AvgIpc) is 2.88. The van der Waals surface area contributed by atoms with E-state index in [-0.39, 0.29) is 5.97 Å². The van der Waals surface area contributed by atoms with Gasteiger partial charge in [0.05, 0.1) is 23.9 Å². The minimum absolute atomic E-state index is 0.352. The van der Waals surface area contributed by atoms with Gasteiger partial charge in [0, 0.05) is 18.3 Å². The molecule has 110 valence electrons. The van der Waals surface area contributed by atoms with Gasteiger partial charge in [0.15, 0.2) is 0 Å². The van der Waals surface area contributed by atoms with Gasteiger partial charge in [-0.1, -0.05) is 0 Å². The van der Waals surface area contributed by atoms with E-state index >= 15 is 0 Å². The fourth-order valence-electron chi connectivity index (χ4n) is 2.19. The van der Waals surface area contributed by atoms with E-state index in [2.05, 4.69) is 0 Å². The molecule has 1 fully saturated rings. The molecule has 0 N–H and O–H groups in total.